The monoisotopic (exact) mass is 576 g/mol. The first kappa shape index (κ1) is 31.9. The predicted octanol–water partition coefficient (Wildman–Crippen LogP) is 5.85. The molecule has 5 rings (SSSR count). The summed E-state index contributed by atoms with van der Waals surface area (Å²) in [7, 11) is 0. The van der Waals surface area contributed by atoms with Gasteiger partial charge in [0, 0.05) is 0 Å². The SMILES string of the molecule is CCC(CC[C@@H](C)[C@H]1CC[C@H]2[C@@H]3CC=C4C[C@@H](O[C@@H]5O[C@H](CO)[C@@H](O)[C@H](O)[C@H]5O)CC[C@]4(C)[C@H]3CC[C@]12C)C(C)C. The van der Waals surface area contributed by atoms with Gasteiger partial charge in [-0.1, -0.05) is 66.0 Å². The van der Waals surface area contributed by atoms with E-state index in [0.717, 1.165) is 60.7 Å². The standard InChI is InChI=1S/C35H60O6/c1-7-22(20(2)3)9-8-21(4)26-12-13-27-25-11-10-23-18-24(14-16-34(23,5)28(25)15-17-35(26,27)6)40-33-32(39)31(38)30(37)29(19-36)41-33/h10,20-22,24-33,36-39H,7-9,11-19H2,1-6H3/t21-,22?,24+,25+,26-,27+,28+,29-,30-,31+,32-,33-,34+,35-/m1/s1. The molecule has 0 radical (unpaired) electrons. The molecule has 0 bridgehead atoms. The van der Waals surface area contributed by atoms with Gasteiger partial charge in [0.25, 0.3) is 0 Å². The molecule has 6 nitrogen and oxygen atoms in total. The van der Waals surface area contributed by atoms with Gasteiger partial charge < -0.3 is 29.9 Å². The van der Waals surface area contributed by atoms with Gasteiger partial charge in [0.2, 0.25) is 0 Å². The van der Waals surface area contributed by atoms with E-state index >= 15 is 0 Å². The number of hydrogen-bond acceptors (Lipinski definition) is 6. The van der Waals surface area contributed by atoms with Crippen LogP contribution in [0.4, 0.5) is 0 Å². The Morgan fingerprint density at radius 3 is 2.39 bits per heavy atom. The van der Waals surface area contributed by atoms with E-state index in [1.54, 1.807) is 0 Å². The number of hydrogen-bond donors (Lipinski definition) is 4. The number of aliphatic hydroxyl groups is 4. The second-order valence-electron chi connectivity index (χ2n) is 15.7. The molecule has 1 saturated heterocycles. The van der Waals surface area contributed by atoms with Gasteiger partial charge in [-0.05, 0) is 110 Å². The van der Waals surface area contributed by atoms with Crippen molar-refractivity contribution in [3.8, 4) is 0 Å². The van der Waals surface area contributed by atoms with Gasteiger partial charge in [-0.15, -0.1) is 0 Å². The highest BCUT2D eigenvalue weighted by atomic mass is 16.7. The van der Waals surface area contributed by atoms with Crippen LogP contribution in [0.1, 0.15) is 112 Å². The van der Waals surface area contributed by atoms with E-state index < -0.39 is 37.3 Å². The van der Waals surface area contributed by atoms with Crippen LogP contribution in [-0.2, 0) is 9.47 Å². The van der Waals surface area contributed by atoms with Gasteiger partial charge in [0.15, 0.2) is 6.29 Å². The van der Waals surface area contributed by atoms with E-state index in [9.17, 15) is 20.4 Å². The van der Waals surface area contributed by atoms with Crippen LogP contribution in [0.3, 0.4) is 0 Å². The zero-order valence-electron chi connectivity index (χ0n) is 26.7. The van der Waals surface area contributed by atoms with Crippen molar-refractivity contribution in [3.63, 3.8) is 0 Å². The quantitative estimate of drug-likeness (QED) is 0.257. The van der Waals surface area contributed by atoms with Crippen LogP contribution < -0.4 is 0 Å². The average molecular weight is 577 g/mol. The van der Waals surface area contributed by atoms with Crippen molar-refractivity contribution in [3.05, 3.63) is 11.6 Å². The Kier molecular flexibility index (Phi) is 9.71. The second kappa shape index (κ2) is 12.5. The lowest BCUT2D eigenvalue weighted by atomic mass is 9.47. The molecule has 1 heterocycles. The third-order valence-corrected chi connectivity index (χ3v) is 13.5. The fourth-order valence-corrected chi connectivity index (χ4v) is 10.8. The van der Waals surface area contributed by atoms with Gasteiger partial charge in [0.1, 0.15) is 24.4 Å². The lowest BCUT2D eigenvalue weighted by Gasteiger charge is -2.58. The molecule has 41 heavy (non-hydrogen) atoms. The van der Waals surface area contributed by atoms with E-state index in [1.165, 1.54) is 56.9 Å². The van der Waals surface area contributed by atoms with Gasteiger partial charge in [-0.25, -0.2) is 0 Å². The van der Waals surface area contributed by atoms with Crippen molar-refractivity contribution >= 4 is 0 Å². The van der Waals surface area contributed by atoms with Crippen molar-refractivity contribution in [1.29, 1.82) is 0 Å². The van der Waals surface area contributed by atoms with E-state index in [-0.39, 0.29) is 11.5 Å². The second-order valence-corrected chi connectivity index (χ2v) is 15.7. The first-order valence-electron chi connectivity index (χ1n) is 17.1. The average Bonchev–Trinajstić information content (AvgIpc) is 3.30. The predicted molar refractivity (Wildman–Crippen MR) is 161 cm³/mol. The summed E-state index contributed by atoms with van der Waals surface area (Å²) in [6.07, 6.45) is 9.92. The molecule has 0 aromatic carbocycles. The summed E-state index contributed by atoms with van der Waals surface area (Å²) in [5.74, 6) is 5.66. The third kappa shape index (κ3) is 5.73. The van der Waals surface area contributed by atoms with Crippen LogP contribution >= 0.6 is 0 Å². The zero-order valence-corrected chi connectivity index (χ0v) is 26.7. The lowest BCUT2D eigenvalue weighted by molar-refractivity contribution is -0.313. The van der Waals surface area contributed by atoms with E-state index in [0.29, 0.717) is 5.41 Å². The van der Waals surface area contributed by atoms with Crippen molar-refractivity contribution in [2.45, 2.75) is 149 Å². The molecule has 4 N–H and O–H groups in total. The molecule has 0 amide bonds. The molecule has 1 unspecified atom stereocenters. The Morgan fingerprint density at radius 2 is 1.71 bits per heavy atom. The minimum absolute atomic E-state index is 0.101. The van der Waals surface area contributed by atoms with Crippen molar-refractivity contribution in [2.75, 3.05) is 6.61 Å². The summed E-state index contributed by atoms with van der Waals surface area (Å²) in [6.45, 7) is 14.5. The van der Waals surface area contributed by atoms with Crippen LogP contribution in [0.2, 0.25) is 0 Å². The van der Waals surface area contributed by atoms with Crippen LogP contribution in [0.25, 0.3) is 0 Å². The Labute approximate surface area is 249 Å². The molecule has 0 aromatic heterocycles. The van der Waals surface area contributed by atoms with E-state index in [1.807, 2.05) is 0 Å². The molecule has 3 saturated carbocycles. The molecular formula is C35H60O6. The minimum atomic E-state index is -1.40. The maximum absolute atomic E-state index is 10.5. The smallest absolute Gasteiger partial charge is 0.186 e. The summed E-state index contributed by atoms with van der Waals surface area (Å²) in [5.41, 5.74) is 2.19. The molecule has 236 valence electrons. The molecule has 14 atom stereocenters. The number of allylic oxidation sites excluding steroid dienone is 1. The number of ether oxygens (including phenoxy) is 2. The van der Waals surface area contributed by atoms with Crippen LogP contribution in [0.5, 0.6) is 0 Å². The molecule has 4 fully saturated rings. The van der Waals surface area contributed by atoms with E-state index in [4.69, 9.17) is 9.47 Å². The first-order valence-corrected chi connectivity index (χ1v) is 17.1. The minimum Gasteiger partial charge on any atom is -0.394 e. The zero-order chi connectivity index (χ0) is 29.7. The lowest BCUT2D eigenvalue weighted by Crippen LogP contribution is -2.60. The Morgan fingerprint density at radius 1 is 0.951 bits per heavy atom. The van der Waals surface area contributed by atoms with Gasteiger partial charge in [0.05, 0.1) is 12.7 Å². The summed E-state index contributed by atoms with van der Waals surface area (Å²) < 4.78 is 11.9. The van der Waals surface area contributed by atoms with Gasteiger partial charge >= 0.3 is 0 Å². The fraction of sp³-hybridized carbons (Fsp3) is 0.943. The maximum Gasteiger partial charge on any atom is 0.186 e. The highest BCUT2D eigenvalue weighted by Gasteiger charge is 2.59. The maximum atomic E-state index is 10.5. The normalized spacial score (nSPS) is 47.7. The van der Waals surface area contributed by atoms with Gasteiger partial charge in [-0.3, -0.25) is 0 Å². The molecular weight excluding hydrogens is 516 g/mol. The molecule has 5 aliphatic rings. The summed E-state index contributed by atoms with van der Waals surface area (Å²) >= 11 is 0. The number of fused-ring (bicyclic) bond motifs is 5. The largest absolute Gasteiger partial charge is 0.394 e. The number of aliphatic hydroxyl groups excluding tert-OH is 4. The molecule has 6 heteroatoms. The highest BCUT2D eigenvalue weighted by molar-refractivity contribution is 5.25. The Bertz CT molecular complexity index is 918. The summed E-state index contributed by atoms with van der Waals surface area (Å²) in [6, 6.07) is 0. The summed E-state index contributed by atoms with van der Waals surface area (Å²) in [4.78, 5) is 0. The van der Waals surface area contributed by atoms with Crippen LogP contribution in [0, 0.1) is 52.3 Å². The molecule has 1 aliphatic heterocycles. The van der Waals surface area contributed by atoms with Crippen molar-refractivity contribution < 1.29 is 29.9 Å². The topological polar surface area (TPSA) is 99.4 Å². The van der Waals surface area contributed by atoms with Gasteiger partial charge in [-0.2, -0.15) is 0 Å². The third-order valence-electron chi connectivity index (χ3n) is 13.5. The Balaban J connectivity index is 1.24. The van der Waals surface area contributed by atoms with Crippen LogP contribution in [0.15, 0.2) is 11.6 Å². The first-order chi connectivity index (χ1) is 19.4. The molecule has 0 aromatic rings. The van der Waals surface area contributed by atoms with E-state index in [2.05, 4.69) is 47.6 Å². The molecule has 0 spiro atoms. The Hall–Kier alpha value is -0.500. The van der Waals surface area contributed by atoms with Crippen molar-refractivity contribution in [1.82, 2.24) is 0 Å². The van der Waals surface area contributed by atoms with Crippen molar-refractivity contribution in [2.24, 2.45) is 52.3 Å². The molecule has 4 aliphatic carbocycles. The fourth-order valence-electron chi connectivity index (χ4n) is 10.8. The summed E-state index contributed by atoms with van der Waals surface area (Å²) in [5, 5.41) is 40.4. The number of rotatable bonds is 9. The highest BCUT2D eigenvalue weighted by Crippen LogP contribution is 2.67. The van der Waals surface area contributed by atoms with Crippen LogP contribution in [-0.4, -0.2) is 63.8 Å².